The minimum Gasteiger partial charge on any atom is -0.481 e. The van der Waals surface area contributed by atoms with E-state index < -0.39 is 5.97 Å². The maximum absolute atomic E-state index is 11.9. The Morgan fingerprint density at radius 3 is 2.89 bits per heavy atom. The topological polar surface area (TPSA) is 69.6 Å². The molecular weight excluding hydrogens is 244 g/mol. The Kier molecular flexibility index (Phi) is 4.16. The van der Waals surface area contributed by atoms with Gasteiger partial charge in [0.15, 0.2) is 0 Å². The lowest BCUT2D eigenvalue weighted by Crippen LogP contribution is -2.36. The van der Waals surface area contributed by atoms with Gasteiger partial charge in [0.1, 0.15) is 0 Å². The molecule has 1 aliphatic rings. The van der Waals surface area contributed by atoms with Crippen LogP contribution >= 0.6 is 0 Å². The normalized spacial score (nSPS) is 14.4. The zero-order valence-corrected chi connectivity index (χ0v) is 11.0. The zero-order chi connectivity index (χ0) is 13.8. The molecule has 102 valence electrons. The Balaban J connectivity index is 2.23. The van der Waals surface area contributed by atoms with E-state index >= 15 is 0 Å². The highest BCUT2D eigenvalue weighted by atomic mass is 16.4. The van der Waals surface area contributed by atoms with Crippen molar-refractivity contribution in [3.8, 4) is 0 Å². The molecule has 0 aliphatic carbocycles. The molecule has 0 aromatic heterocycles. The van der Waals surface area contributed by atoms with Crippen LogP contribution in [0.25, 0.3) is 0 Å². The van der Waals surface area contributed by atoms with Gasteiger partial charge in [0.25, 0.3) is 0 Å². The molecule has 1 aliphatic heterocycles. The zero-order valence-electron chi connectivity index (χ0n) is 11.0. The SMILES string of the molecule is CNCc1ccc2c(c1)CCC(=O)N2CCC(=O)O. The van der Waals surface area contributed by atoms with Crippen LogP contribution in [-0.4, -0.2) is 30.6 Å². The molecule has 1 aromatic carbocycles. The number of hydrogen-bond donors (Lipinski definition) is 2. The van der Waals surface area contributed by atoms with Gasteiger partial charge in [-0.2, -0.15) is 0 Å². The van der Waals surface area contributed by atoms with E-state index in [2.05, 4.69) is 11.4 Å². The fourth-order valence-electron chi connectivity index (χ4n) is 2.38. The van der Waals surface area contributed by atoms with Crippen LogP contribution in [0.2, 0.25) is 0 Å². The molecule has 0 unspecified atom stereocenters. The summed E-state index contributed by atoms with van der Waals surface area (Å²) in [6, 6.07) is 5.98. The number of amides is 1. The van der Waals surface area contributed by atoms with E-state index in [-0.39, 0.29) is 18.9 Å². The first-order valence-electron chi connectivity index (χ1n) is 6.40. The number of carboxylic acid groups (broad SMARTS) is 1. The van der Waals surface area contributed by atoms with Crippen molar-refractivity contribution in [2.24, 2.45) is 0 Å². The Bertz CT molecular complexity index is 499. The van der Waals surface area contributed by atoms with Gasteiger partial charge in [-0.25, -0.2) is 0 Å². The summed E-state index contributed by atoms with van der Waals surface area (Å²) >= 11 is 0. The fourth-order valence-corrected chi connectivity index (χ4v) is 2.38. The Morgan fingerprint density at radius 2 is 2.21 bits per heavy atom. The van der Waals surface area contributed by atoms with Gasteiger partial charge in [0, 0.05) is 25.2 Å². The summed E-state index contributed by atoms with van der Waals surface area (Å²) in [6.45, 7) is 1.03. The summed E-state index contributed by atoms with van der Waals surface area (Å²) in [5, 5.41) is 11.8. The molecule has 0 saturated carbocycles. The molecule has 0 fully saturated rings. The van der Waals surface area contributed by atoms with Crippen LogP contribution in [-0.2, 0) is 22.6 Å². The third kappa shape index (κ3) is 3.12. The van der Waals surface area contributed by atoms with Crippen molar-refractivity contribution in [2.45, 2.75) is 25.8 Å². The Hall–Kier alpha value is -1.88. The second-order valence-electron chi connectivity index (χ2n) is 4.68. The number of hydrogen-bond acceptors (Lipinski definition) is 3. The molecule has 2 N–H and O–H groups in total. The molecule has 1 heterocycles. The molecule has 0 bridgehead atoms. The van der Waals surface area contributed by atoms with Crippen LogP contribution < -0.4 is 10.2 Å². The number of rotatable bonds is 5. The number of carbonyl (C=O) groups is 2. The highest BCUT2D eigenvalue weighted by Gasteiger charge is 2.24. The van der Waals surface area contributed by atoms with Crippen LogP contribution in [0.3, 0.4) is 0 Å². The number of aliphatic carboxylic acids is 1. The predicted octanol–water partition coefficient (Wildman–Crippen LogP) is 1.16. The van der Waals surface area contributed by atoms with Crippen LogP contribution in [0.5, 0.6) is 0 Å². The average molecular weight is 262 g/mol. The Labute approximate surface area is 112 Å². The number of anilines is 1. The van der Waals surface area contributed by atoms with Gasteiger partial charge in [-0.1, -0.05) is 12.1 Å². The number of nitrogens with one attached hydrogen (secondary N) is 1. The minimum absolute atomic E-state index is 0.00937. The number of carboxylic acids is 1. The largest absolute Gasteiger partial charge is 0.481 e. The first-order chi connectivity index (χ1) is 9.11. The molecule has 0 spiro atoms. The summed E-state index contributed by atoms with van der Waals surface area (Å²) in [6.07, 6.45) is 1.16. The highest BCUT2D eigenvalue weighted by molar-refractivity contribution is 5.96. The fraction of sp³-hybridized carbons (Fsp3) is 0.429. The molecule has 2 rings (SSSR count). The highest BCUT2D eigenvalue weighted by Crippen LogP contribution is 2.28. The molecule has 1 aromatic rings. The molecule has 1 amide bonds. The monoisotopic (exact) mass is 262 g/mol. The van der Waals surface area contributed by atoms with E-state index in [9.17, 15) is 9.59 Å². The maximum Gasteiger partial charge on any atom is 0.305 e. The first-order valence-corrected chi connectivity index (χ1v) is 6.40. The molecule has 0 saturated heterocycles. The molecular formula is C14H18N2O3. The lowest BCUT2D eigenvalue weighted by molar-refractivity contribution is -0.136. The average Bonchev–Trinajstić information content (AvgIpc) is 2.38. The molecule has 0 atom stereocenters. The van der Waals surface area contributed by atoms with Gasteiger partial charge in [0.2, 0.25) is 5.91 Å². The van der Waals surface area contributed by atoms with Crippen molar-refractivity contribution in [2.75, 3.05) is 18.5 Å². The number of nitrogens with zero attached hydrogens (tertiary/aromatic N) is 1. The third-order valence-electron chi connectivity index (χ3n) is 3.27. The van der Waals surface area contributed by atoms with Gasteiger partial charge in [-0.3, -0.25) is 9.59 Å². The molecule has 19 heavy (non-hydrogen) atoms. The van der Waals surface area contributed by atoms with E-state index in [1.165, 1.54) is 5.56 Å². The summed E-state index contributed by atoms with van der Waals surface area (Å²) in [4.78, 5) is 24.1. The van der Waals surface area contributed by atoms with E-state index in [0.717, 1.165) is 24.2 Å². The number of benzene rings is 1. The van der Waals surface area contributed by atoms with E-state index in [4.69, 9.17) is 5.11 Å². The van der Waals surface area contributed by atoms with Crippen LogP contribution in [0.15, 0.2) is 18.2 Å². The van der Waals surface area contributed by atoms with Crippen LogP contribution in [0, 0.1) is 0 Å². The lowest BCUT2D eigenvalue weighted by atomic mass is 9.98. The summed E-state index contributed by atoms with van der Waals surface area (Å²) in [5.41, 5.74) is 3.16. The number of aryl methyl sites for hydroxylation is 1. The van der Waals surface area contributed by atoms with Crippen LogP contribution in [0.4, 0.5) is 5.69 Å². The first kappa shape index (κ1) is 13.5. The van der Waals surface area contributed by atoms with Crippen molar-refractivity contribution >= 4 is 17.6 Å². The van der Waals surface area contributed by atoms with Crippen molar-refractivity contribution in [3.05, 3.63) is 29.3 Å². The van der Waals surface area contributed by atoms with Gasteiger partial charge < -0.3 is 15.3 Å². The second-order valence-corrected chi connectivity index (χ2v) is 4.68. The van der Waals surface area contributed by atoms with E-state index in [1.54, 1.807) is 4.90 Å². The van der Waals surface area contributed by atoms with E-state index in [1.807, 2.05) is 19.2 Å². The molecule has 5 nitrogen and oxygen atoms in total. The number of carbonyl (C=O) groups excluding carboxylic acids is 1. The summed E-state index contributed by atoms with van der Waals surface area (Å²) < 4.78 is 0. The quantitative estimate of drug-likeness (QED) is 0.835. The van der Waals surface area contributed by atoms with Crippen molar-refractivity contribution in [3.63, 3.8) is 0 Å². The van der Waals surface area contributed by atoms with Crippen molar-refractivity contribution in [1.29, 1.82) is 0 Å². The number of fused-ring (bicyclic) bond motifs is 1. The smallest absolute Gasteiger partial charge is 0.305 e. The summed E-state index contributed by atoms with van der Waals surface area (Å²) in [7, 11) is 1.89. The maximum atomic E-state index is 11.9. The predicted molar refractivity (Wildman–Crippen MR) is 72.1 cm³/mol. The van der Waals surface area contributed by atoms with Gasteiger partial charge in [-0.15, -0.1) is 0 Å². The van der Waals surface area contributed by atoms with E-state index in [0.29, 0.717) is 6.42 Å². The van der Waals surface area contributed by atoms with Gasteiger partial charge >= 0.3 is 5.97 Å². The van der Waals surface area contributed by atoms with Crippen LogP contribution in [0.1, 0.15) is 24.0 Å². The third-order valence-corrected chi connectivity index (χ3v) is 3.27. The minimum atomic E-state index is -0.883. The second kappa shape index (κ2) is 5.84. The van der Waals surface area contributed by atoms with Gasteiger partial charge in [-0.05, 0) is 30.7 Å². The molecule has 0 radical (unpaired) electrons. The lowest BCUT2D eigenvalue weighted by Gasteiger charge is -2.29. The van der Waals surface area contributed by atoms with Crippen molar-refractivity contribution < 1.29 is 14.7 Å². The van der Waals surface area contributed by atoms with Crippen molar-refractivity contribution in [1.82, 2.24) is 5.32 Å². The Morgan fingerprint density at radius 1 is 1.42 bits per heavy atom. The summed E-state index contributed by atoms with van der Waals surface area (Å²) in [5.74, 6) is -0.873. The molecule has 5 heteroatoms. The standard InChI is InChI=1S/C14H18N2O3/c1-15-9-10-2-4-12-11(8-10)3-5-13(17)16(12)7-6-14(18)19/h2,4,8,15H,3,5-7,9H2,1H3,(H,18,19). The van der Waals surface area contributed by atoms with Gasteiger partial charge in [0.05, 0.1) is 6.42 Å².